The van der Waals surface area contributed by atoms with Gasteiger partial charge in [-0.3, -0.25) is 0 Å². The van der Waals surface area contributed by atoms with Crippen molar-refractivity contribution < 1.29 is 5.11 Å². The van der Waals surface area contributed by atoms with E-state index in [1.165, 1.54) is 17.6 Å². The molecule has 0 rings (SSSR count). The van der Waals surface area contributed by atoms with Crippen LogP contribution in [0, 0.1) is 0 Å². The van der Waals surface area contributed by atoms with Crippen LogP contribution < -0.4 is 0 Å². The molecule has 0 aromatic heterocycles. The van der Waals surface area contributed by atoms with Gasteiger partial charge in [0.25, 0.3) is 0 Å². The topological polar surface area (TPSA) is 20.2 Å². The second kappa shape index (κ2) is 10.3. The molecule has 1 nitrogen and oxygen atoms in total. The summed E-state index contributed by atoms with van der Waals surface area (Å²) in [5, 5.41) is 8.86. The van der Waals surface area contributed by atoms with Crippen LogP contribution in [0.15, 0.2) is 34.9 Å². The summed E-state index contributed by atoms with van der Waals surface area (Å²) in [6, 6.07) is 0. The Morgan fingerprint density at radius 2 is 1.29 bits per heavy atom. The number of aliphatic hydroxyl groups excluding tert-OH is 1. The maximum atomic E-state index is 8.86. The molecule has 0 aliphatic rings. The van der Waals surface area contributed by atoms with Crippen molar-refractivity contribution in [3.63, 3.8) is 0 Å². The summed E-state index contributed by atoms with van der Waals surface area (Å²) in [5.41, 5.74) is 4.02. The highest BCUT2D eigenvalue weighted by atomic mass is 16.3. The van der Waals surface area contributed by atoms with Crippen molar-refractivity contribution in [3.05, 3.63) is 34.9 Å². The highest BCUT2D eigenvalue weighted by Gasteiger charge is 1.92. The lowest BCUT2D eigenvalue weighted by molar-refractivity contribution is 0.331. The monoisotopic (exact) mass is 236 g/mol. The minimum atomic E-state index is 0.184. The highest BCUT2D eigenvalue weighted by Crippen LogP contribution is 2.11. The van der Waals surface area contributed by atoms with Gasteiger partial charge >= 0.3 is 0 Å². The molecule has 0 saturated heterocycles. The average Bonchev–Trinajstić information content (AvgIpc) is 2.29. The Kier molecular flexibility index (Phi) is 9.84. The molecule has 0 aromatic rings. The summed E-state index contributed by atoms with van der Waals surface area (Å²) in [5.74, 6) is 0. The van der Waals surface area contributed by atoms with Crippen molar-refractivity contribution in [2.45, 2.75) is 59.8 Å². The summed E-state index contributed by atoms with van der Waals surface area (Å²) in [4.78, 5) is 0. The zero-order valence-electron chi connectivity index (χ0n) is 11.9. The fourth-order valence-electron chi connectivity index (χ4n) is 1.71. The van der Waals surface area contributed by atoms with Crippen molar-refractivity contribution in [3.8, 4) is 0 Å². The molecule has 0 fully saturated rings. The van der Waals surface area contributed by atoms with E-state index in [-0.39, 0.29) is 6.61 Å². The van der Waals surface area contributed by atoms with Crippen LogP contribution in [-0.4, -0.2) is 11.7 Å². The van der Waals surface area contributed by atoms with Gasteiger partial charge in [-0.25, -0.2) is 0 Å². The van der Waals surface area contributed by atoms with E-state index < -0.39 is 0 Å². The van der Waals surface area contributed by atoms with E-state index in [4.69, 9.17) is 5.11 Å². The van der Waals surface area contributed by atoms with E-state index in [1.54, 1.807) is 0 Å². The first-order valence-corrected chi connectivity index (χ1v) is 6.67. The molecule has 0 aliphatic carbocycles. The molecule has 0 heterocycles. The SMILES string of the molecule is CC/C=C(\C)CC/C=C(\C)CC/C=C(\C)CO. The van der Waals surface area contributed by atoms with Gasteiger partial charge in [0, 0.05) is 0 Å². The second-order valence-electron chi connectivity index (χ2n) is 4.80. The zero-order chi connectivity index (χ0) is 13.1. The third-order valence-electron chi connectivity index (χ3n) is 2.86. The molecule has 0 aliphatic heterocycles. The Morgan fingerprint density at radius 1 is 0.824 bits per heavy atom. The van der Waals surface area contributed by atoms with Crippen LogP contribution in [0.1, 0.15) is 59.8 Å². The Labute approximate surface area is 107 Å². The molecule has 0 amide bonds. The largest absolute Gasteiger partial charge is 0.392 e. The quantitative estimate of drug-likeness (QED) is 0.601. The van der Waals surface area contributed by atoms with Gasteiger partial charge < -0.3 is 5.11 Å². The molecular formula is C16H28O. The predicted octanol–water partition coefficient (Wildman–Crippen LogP) is 4.79. The molecule has 0 atom stereocenters. The molecule has 98 valence electrons. The van der Waals surface area contributed by atoms with Crippen molar-refractivity contribution in [1.82, 2.24) is 0 Å². The van der Waals surface area contributed by atoms with Gasteiger partial charge in [0.2, 0.25) is 0 Å². The lowest BCUT2D eigenvalue weighted by Gasteiger charge is -2.01. The van der Waals surface area contributed by atoms with Crippen LogP contribution in [0.5, 0.6) is 0 Å². The average molecular weight is 236 g/mol. The van der Waals surface area contributed by atoms with Gasteiger partial charge in [0.1, 0.15) is 0 Å². The summed E-state index contributed by atoms with van der Waals surface area (Å²) in [6.45, 7) is 8.74. The third-order valence-corrected chi connectivity index (χ3v) is 2.86. The first-order valence-electron chi connectivity index (χ1n) is 6.67. The van der Waals surface area contributed by atoms with Gasteiger partial charge in [0.05, 0.1) is 6.61 Å². The second-order valence-corrected chi connectivity index (χ2v) is 4.80. The molecule has 0 radical (unpaired) electrons. The fraction of sp³-hybridized carbons (Fsp3) is 0.625. The number of hydrogen-bond donors (Lipinski definition) is 1. The molecule has 17 heavy (non-hydrogen) atoms. The van der Waals surface area contributed by atoms with Crippen LogP contribution in [-0.2, 0) is 0 Å². The lowest BCUT2D eigenvalue weighted by atomic mass is 10.1. The van der Waals surface area contributed by atoms with Crippen LogP contribution >= 0.6 is 0 Å². The molecule has 0 spiro atoms. The summed E-state index contributed by atoms with van der Waals surface area (Å²) >= 11 is 0. The van der Waals surface area contributed by atoms with Crippen molar-refractivity contribution in [2.75, 3.05) is 6.61 Å². The van der Waals surface area contributed by atoms with Gasteiger partial charge in [-0.05, 0) is 52.9 Å². The van der Waals surface area contributed by atoms with E-state index in [0.29, 0.717) is 0 Å². The number of allylic oxidation sites excluding steroid dienone is 5. The van der Waals surface area contributed by atoms with Gasteiger partial charge in [-0.2, -0.15) is 0 Å². The fourth-order valence-corrected chi connectivity index (χ4v) is 1.71. The normalized spacial score (nSPS) is 14.3. The van der Waals surface area contributed by atoms with Gasteiger partial charge in [-0.15, -0.1) is 0 Å². The third kappa shape index (κ3) is 10.1. The smallest absolute Gasteiger partial charge is 0.0639 e. The molecule has 0 bridgehead atoms. The predicted molar refractivity (Wildman–Crippen MR) is 77.1 cm³/mol. The first kappa shape index (κ1) is 16.2. The van der Waals surface area contributed by atoms with Crippen molar-refractivity contribution in [1.29, 1.82) is 0 Å². The summed E-state index contributed by atoms with van der Waals surface area (Å²) in [6.07, 6.45) is 12.4. The van der Waals surface area contributed by atoms with Crippen molar-refractivity contribution >= 4 is 0 Å². The van der Waals surface area contributed by atoms with Crippen LogP contribution in [0.4, 0.5) is 0 Å². The van der Waals surface area contributed by atoms with Crippen LogP contribution in [0.3, 0.4) is 0 Å². The minimum absolute atomic E-state index is 0.184. The Morgan fingerprint density at radius 3 is 1.76 bits per heavy atom. The molecule has 0 saturated carbocycles. The molecule has 1 heteroatoms. The van der Waals surface area contributed by atoms with Crippen LogP contribution in [0.25, 0.3) is 0 Å². The molecular weight excluding hydrogens is 208 g/mol. The maximum Gasteiger partial charge on any atom is 0.0639 e. The number of hydrogen-bond acceptors (Lipinski definition) is 1. The highest BCUT2D eigenvalue weighted by molar-refractivity contribution is 5.05. The zero-order valence-corrected chi connectivity index (χ0v) is 11.9. The van der Waals surface area contributed by atoms with E-state index in [1.807, 2.05) is 6.92 Å². The van der Waals surface area contributed by atoms with E-state index in [2.05, 4.69) is 39.0 Å². The Balaban J connectivity index is 3.83. The number of aliphatic hydroxyl groups is 1. The molecule has 0 aromatic carbocycles. The van der Waals surface area contributed by atoms with Crippen molar-refractivity contribution in [2.24, 2.45) is 0 Å². The summed E-state index contributed by atoms with van der Waals surface area (Å²) < 4.78 is 0. The van der Waals surface area contributed by atoms with E-state index >= 15 is 0 Å². The van der Waals surface area contributed by atoms with Gasteiger partial charge in [0.15, 0.2) is 0 Å². The van der Waals surface area contributed by atoms with E-state index in [9.17, 15) is 0 Å². The van der Waals surface area contributed by atoms with E-state index in [0.717, 1.165) is 31.3 Å². The Hall–Kier alpha value is -0.820. The standard InChI is InChI=1S/C16H28O/c1-5-8-14(2)9-6-10-15(3)11-7-12-16(4)13-17/h8,10,12,17H,5-7,9,11,13H2,1-4H3/b14-8+,15-10+,16-12+. The molecule has 1 N–H and O–H groups in total. The lowest BCUT2D eigenvalue weighted by Crippen LogP contribution is -1.84. The minimum Gasteiger partial charge on any atom is -0.392 e. The summed E-state index contributed by atoms with van der Waals surface area (Å²) in [7, 11) is 0. The number of rotatable bonds is 8. The maximum absolute atomic E-state index is 8.86. The molecule has 0 unspecified atom stereocenters. The van der Waals surface area contributed by atoms with Crippen LogP contribution in [0.2, 0.25) is 0 Å². The Bertz CT molecular complexity index is 282. The van der Waals surface area contributed by atoms with Gasteiger partial charge in [-0.1, -0.05) is 41.9 Å². The first-order chi connectivity index (χ1) is 8.10.